The Morgan fingerprint density at radius 1 is 1.44 bits per heavy atom. The molecule has 3 heteroatoms. The molecule has 1 heterocycles. The van der Waals surface area contributed by atoms with E-state index in [9.17, 15) is 0 Å². The first kappa shape index (κ1) is 6.99. The summed E-state index contributed by atoms with van der Waals surface area (Å²) in [6.07, 6.45) is 1.21. The molecule has 2 atom stereocenters. The minimum atomic E-state index is 0.594. The molecule has 3 nitrogen and oxygen atoms in total. The van der Waals surface area contributed by atoms with Gasteiger partial charge in [0, 0.05) is 19.1 Å². The van der Waals surface area contributed by atoms with Crippen molar-refractivity contribution in [2.45, 2.75) is 32.4 Å². The van der Waals surface area contributed by atoms with E-state index in [4.69, 9.17) is 0 Å². The number of hydrogen-bond donors (Lipinski definition) is 2. The molecular weight excluding hydrogens is 114 g/mol. The summed E-state index contributed by atoms with van der Waals surface area (Å²) in [6, 6.07) is 1.23. The summed E-state index contributed by atoms with van der Waals surface area (Å²) in [5.74, 6) is 0. The van der Waals surface area contributed by atoms with E-state index in [1.165, 1.54) is 6.42 Å². The molecule has 1 aliphatic rings. The van der Waals surface area contributed by atoms with Crippen LogP contribution < -0.4 is 11.0 Å². The molecule has 2 unspecified atom stereocenters. The van der Waals surface area contributed by atoms with Crippen molar-refractivity contribution >= 4 is 0 Å². The van der Waals surface area contributed by atoms with Gasteiger partial charge in [-0.2, -0.15) is 5.53 Å². The van der Waals surface area contributed by atoms with Gasteiger partial charge in [0.2, 0.25) is 0 Å². The summed E-state index contributed by atoms with van der Waals surface area (Å²) in [6.45, 7) is 4.39. The highest BCUT2D eigenvalue weighted by Crippen LogP contribution is 2.05. The molecule has 9 heavy (non-hydrogen) atoms. The van der Waals surface area contributed by atoms with E-state index >= 15 is 0 Å². The average molecular weight is 129 g/mol. The molecule has 1 rings (SSSR count). The zero-order valence-electron chi connectivity index (χ0n) is 6.31. The van der Waals surface area contributed by atoms with Crippen molar-refractivity contribution in [1.29, 1.82) is 0 Å². The maximum atomic E-state index is 3.14. The number of hydrazine groups is 2. The Hall–Kier alpha value is -0.120. The Morgan fingerprint density at radius 2 is 2.11 bits per heavy atom. The summed E-state index contributed by atoms with van der Waals surface area (Å²) in [5.41, 5.74) is 6.20. The number of nitrogens with one attached hydrogen (secondary N) is 2. The van der Waals surface area contributed by atoms with Gasteiger partial charge in [0.25, 0.3) is 0 Å². The first-order chi connectivity index (χ1) is 4.20. The molecule has 1 fully saturated rings. The lowest BCUT2D eigenvalue weighted by atomic mass is 10.1. The second-order valence-corrected chi connectivity index (χ2v) is 2.85. The molecular formula is C6H15N3. The molecule has 2 N–H and O–H groups in total. The third-order valence-corrected chi connectivity index (χ3v) is 1.84. The maximum Gasteiger partial charge on any atom is 0.0240 e. The fourth-order valence-electron chi connectivity index (χ4n) is 1.05. The molecule has 1 saturated heterocycles. The van der Waals surface area contributed by atoms with Crippen LogP contribution >= 0.6 is 0 Å². The second kappa shape index (κ2) is 2.64. The molecule has 1 aliphatic heterocycles. The average Bonchev–Trinajstić information content (AvgIpc) is 1.80. The fraction of sp³-hybridized carbons (Fsp3) is 1.00. The zero-order valence-corrected chi connectivity index (χ0v) is 6.31. The Labute approximate surface area is 56.4 Å². The predicted molar refractivity (Wildman–Crippen MR) is 37.6 cm³/mol. The maximum absolute atomic E-state index is 3.14. The topological polar surface area (TPSA) is 27.3 Å². The first-order valence-corrected chi connectivity index (χ1v) is 3.44. The molecule has 0 radical (unpaired) electrons. The van der Waals surface area contributed by atoms with Crippen LogP contribution in [-0.2, 0) is 0 Å². The van der Waals surface area contributed by atoms with Gasteiger partial charge in [-0.25, -0.2) is 10.4 Å². The van der Waals surface area contributed by atoms with Crippen molar-refractivity contribution in [3.63, 3.8) is 0 Å². The number of hydrogen-bond acceptors (Lipinski definition) is 3. The van der Waals surface area contributed by atoms with Gasteiger partial charge in [0.1, 0.15) is 0 Å². The zero-order chi connectivity index (χ0) is 6.85. The van der Waals surface area contributed by atoms with Gasteiger partial charge in [0.15, 0.2) is 0 Å². The highest BCUT2D eigenvalue weighted by atomic mass is 15.7. The highest BCUT2D eigenvalue weighted by Gasteiger charge is 2.17. The van der Waals surface area contributed by atoms with Crippen LogP contribution in [-0.4, -0.2) is 24.1 Å². The minimum Gasteiger partial charge on any atom is -0.241 e. The van der Waals surface area contributed by atoms with Gasteiger partial charge >= 0.3 is 0 Å². The van der Waals surface area contributed by atoms with Crippen LogP contribution in [0, 0.1) is 0 Å². The quantitative estimate of drug-likeness (QED) is 0.486. The first-order valence-electron chi connectivity index (χ1n) is 3.44. The molecule has 0 aromatic carbocycles. The molecule has 0 bridgehead atoms. The van der Waals surface area contributed by atoms with Crippen LogP contribution in [0.1, 0.15) is 20.3 Å². The fourth-order valence-corrected chi connectivity index (χ4v) is 1.05. The summed E-state index contributed by atoms with van der Waals surface area (Å²) < 4.78 is 0. The Kier molecular flexibility index (Phi) is 2.05. The highest BCUT2D eigenvalue weighted by molar-refractivity contribution is 4.71. The SMILES string of the molecule is CC1CC(C)N(C)NN1. The van der Waals surface area contributed by atoms with E-state index in [1.807, 2.05) is 7.05 Å². The monoisotopic (exact) mass is 129 g/mol. The van der Waals surface area contributed by atoms with Crippen LogP contribution in [0.5, 0.6) is 0 Å². The van der Waals surface area contributed by atoms with Crippen molar-refractivity contribution in [2.24, 2.45) is 0 Å². The van der Waals surface area contributed by atoms with E-state index in [0.29, 0.717) is 12.1 Å². The lowest BCUT2D eigenvalue weighted by Gasteiger charge is -2.34. The predicted octanol–water partition coefficient (Wildman–Crippen LogP) is 0.108. The second-order valence-electron chi connectivity index (χ2n) is 2.85. The van der Waals surface area contributed by atoms with Crippen molar-refractivity contribution in [1.82, 2.24) is 16.0 Å². The van der Waals surface area contributed by atoms with E-state index in [2.05, 4.69) is 29.8 Å². The Bertz CT molecular complexity index is 94.3. The Morgan fingerprint density at radius 3 is 2.56 bits per heavy atom. The van der Waals surface area contributed by atoms with E-state index in [0.717, 1.165) is 0 Å². The molecule has 54 valence electrons. The van der Waals surface area contributed by atoms with Crippen LogP contribution in [0.25, 0.3) is 0 Å². The third-order valence-electron chi connectivity index (χ3n) is 1.84. The molecule has 0 aromatic rings. The summed E-state index contributed by atoms with van der Waals surface area (Å²) in [7, 11) is 2.05. The van der Waals surface area contributed by atoms with E-state index < -0.39 is 0 Å². The van der Waals surface area contributed by atoms with Gasteiger partial charge in [-0.15, -0.1) is 0 Å². The molecule has 0 spiro atoms. The third kappa shape index (κ3) is 1.64. The van der Waals surface area contributed by atoms with E-state index in [-0.39, 0.29) is 0 Å². The van der Waals surface area contributed by atoms with Gasteiger partial charge in [-0.1, -0.05) is 0 Å². The van der Waals surface area contributed by atoms with Crippen molar-refractivity contribution in [2.75, 3.05) is 7.05 Å². The standard InChI is InChI=1S/C6H15N3/c1-5-4-6(2)9(3)8-7-5/h5-8H,4H2,1-3H3. The van der Waals surface area contributed by atoms with Crippen molar-refractivity contribution in [3.05, 3.63) is 0 Å². The van der Waals surface area contributed by atoms with E-state index in [1.54, 1.807) is 0 Å². The number of rotatable bonds is 0. The van der Waals surface area contributed by atoms with Crippen LogP contribution in [0.3, 0.4) is 0 Å². The van der Waals surface area contributed by atoms with Crippen LogP contribution in [0.4, 0.5) is 0 Å². The van der Waals surface area contributed by atoms with Gasteiger partial charge < -0.3 is 0 Å². The minimum absolute atomic E-state index is 0.594. The summed E-state index contributed by atoms with van der Waals surface area (Å²) >= 11 is 0. The molecule has 0 aromatic heterocycles. The lowest BCUT2D eigenvalue weighted by Crippen LogP contribution is -2.58. The smallest absolute Gasteiger partial charge is 0.0240 e. The molecule has 0 amide bonds. The molecule has 0 saturated carbocycles. The van der Waals surface area contributed by atoms with Crippen LogP contribution in [0.15, 0.2) is 0 Å². The normalized spacial score (nSPS) is 39.0. The summed E-state index contributed by atoms with van der Waals surface area (Å²) in [5, 5.41) is 2.08. The number of nitrogens with zero attached hydrogens (tertiary/aromatic N) is 1. The molecule has 0 aliphatic carbocycles. The van der Waals surface area contributed by atoms with Crippen molar-refractivity contribution in [3.8, 4) is 0 Å². The van der Waals surface area contributed by atoms with Gasteiger partial charge in [-0.3, -0.25) is 0 Å². The lowest BCUT2D eigenvalue weighted by molar-refractivity contribution is 0.0723. The van der Waals surface area contributed by atoms with Gasteiger partial charge in [-0.05, 0) is 20.3 Å². The Balaban J connectivity index is 2.35. The van der Waals surface area contributed by atoms with Crippen molar-refractivity contribution < 1.29 is 0 Å². The van der Waals surface area contributed by atoms with Gasteiger partial charge in [0.05, 0.1) is 0 Å². The largest absolute Gasteiger partial charge is 0.241 e. The van der Waals surface area contributed by atoms with Crippen LogP contribution in [0.2, 0.25) is 0 Å². The summed E-state index contributed by atoms with van der Waals surface area (Å²) in [4.78, 5) is 0.